The van der Waals surface area contributed by atoms with Crippen LogP contribution < -0.4 is 5.32 Å². The minimum Gasteiger partial charge on any atom is -0.445 e. The monoisotopic (exact) mass is 767 g/mol. The second kappa shape index (κ2) is 18.1. The SMILES string of the molecule is C[C@H]1[C@@H](CN(C)[C@@H](C)c2ccccc2)O[C@@H](c2cccc(-c3cccc(CN4C(=O)CC(NC(=O)OCc5ccccc5)C4=O)c3)c2)O[C@H]1c1ccc(CO)cc1. The molecule has 2 heterocycles. The summed E-state index contributed by atoms with van der Waals surface area (Å²) in [6.07, 6.45) is -1.95. The summed E-state index contributed by atoms with van der Waals surface area (Å²) in [5.41, 5.74) is 7.38. The Morgan fingerprint density at radius 3 is 2.21 bits per heavy atom. The smallest absolute Gasteiger partial charge is 0.408 e. The van der Waals surface area contributed by atoms with E-state index in [4.69, 9.17) is 14.2 Å². The fourth-order valence-electron chi connectivity index (χ4n) is 7.52. The molecule has 2 saturated heterocycles. The topological polar surface area (TPSA) is 118 Å². The number of nitrogens with one attached hydrogen (secondary N) is 1. The first-order valence-electron chi connectivity index (χ1n) is 19.4. The molecule has 3 amide bonds. The van der Waals surface area contributed by atoms with Crippen molar-refractivity contribution in [3.05, 3.63) is 167 Å². The molecule has 0 saturated carbocycles. The second-order valence-corrected chi connectivity index (χ2v) is 15.0. The van der Waals surface area contributed by atoms with Crippen LogP contribution in [0, 0.1) is 5.92 Å². The van der Waals surface area contributed by atoms with Crippen LogP contribution in [0.15, 0.2) is 133 Å². The van der Waals surface area contributed by atoms with Crippen molar-refractivity contribution in [2.75, 3.05) is 13.6 Å². The molecule has 0 spiro atoms. The Balaban J connectivity index is 1.06. The number of ether oxygens (including phenoxy) is 3. The molecule has 0 aromatic heterocycles. The van der Waals surface area contributed by atoms with Gasteiger partial charge in [0.1, 0.15) is 12.6 Å². The van der Waals surface area contributed by atoms with Gasteiger partial charge in [0.15, 0.2) is 6.29 Å². The third-order valence-electron chi connectivity index (χ3n) is 11.0. The number of likely N-dealkylation sites (N-methyl/N-ethyl adjacent to an activating group) is 1. The van der Waals surface area contributed by atoms with Gasteiger partial charge in [-0.2, -0.15) is 0 Å². The van der Waals surface area contributed by atoms with E-state index < -0.39 is 24.3 Å². The first-order valence-corrected chi connectivity index (χ1v) is 19.4. The molecular formula is C47H49N3O7. The molecule has 2 aliphatic heterocycles. The number of carbonyl (C=O) groups excluding carboxylic acids is 3. The van der Waals surface area contributed by atoms with Gasteiger partial charge in [0, 0.05) is 24.1 Å². The van der Waals surface area contributed by atoms with Crippen LogP contribution >= 0.6 is 0 Å². The molecule has 294 valence electrons. The average Bonchev–Trinajstić information content (AvgIpc) is 3.51. The number of imide groups is 1. The first kappa shape index (κ1) is 39.6. The van der Waals surface area contributed by atoms with E-state index in [-0.39, 0.29) is 56.3 Å². The molecule has 1 unspecified atom stereocenters. The van der Waals surface area contributed by atoms with Crippen LogP contribution in [0.3, 0.4) is 0 Å². The fourth-order valence-corrected chi connectivity index (χ4v) is 7.52. The number of likely N-dealkylation sites (tertiary alicyclic amines) is 1. The summed E-state index contributed by atoms with van der Waals surface area (Å²) in [5.74, 6) is -0.804. The highest BCUT2D eigenvalue weighted by Crippen LogP contribution is 2.43. The van der Waals surface area contributed by atoms with Gasteiger partial charge in [0.05, 0.1) is 31.8 Å². The van der Waals surface area contributed by atoms with Crippen LogP contribution in [0.25, 0.3) is 11.1 Å². The van der Waals surface area contributed by atoms with Crippen molar-refractivity contribution < 1.29 is 33.7 Å². The third-order valence-corrected chi connectivity index (χ3v) is 11.0. The van der Waals surface area contributed by atoms with E-state index in [1.54, 1.807) is 0 Å². The Kier molecular flexibility index (Phi) is 12.6. The van der Waals surface area contributed by atoms with E-state index in [0.717, 1.165) is 38.9 Å². The molecule has 0 radical (unpaired) electrons. The van der Waals surface area contributed by atoms with Gasteiger partial charge in [-0.3, -0.25) is 19.4 Å². The van der Waals surface area contributed by atoms with Crippen molar-refractivity contribution in [2.45, 2.75) is 70.6 Å². The summed E-state index contributed by atoms with van der Waals surface area (Å²) in [6.45, 7) is 5.16. The molecule has 5 aromatic carbocycles. The van der Waals surface area contributed by atoms with Crippen LogP contribution in [-0.4, -0.2) is 58.6 Å². The molecule has 0 bridgehead atoms. The van der Waals surface area contributed by atoms with Crippen molar-refractivity contribution in [1.29, 1.82) is 0 Å². The predicted molar refractivity (Wildman–Crippen MR) is 216 cm³/mol. The lowest BCUT2D eigenvalue weighted by Gasteiger charge is -2.43. The van der Waals surface area contributed by atoms with Gasteiger partial charge in [-0.15, -0.1) is 0 Å². The quantitative estimate of drug-likeness (QED) is 0.116. The fraction of sp³-hybridized carbons (Fsp3) is 0.298. The molecule has 10 nitrogen and oxygen atoms in total. The minimum atomic E-state index is -0.986. The summed E-state index contributed by atoms with van der Waals surface area (Å²) in [5, 5.41) is 12.2. The van der Waals surface area contributed by atoms with Crippen molar-refractivity contribution in [3.8, 4) is 11.1 Å². The highest BCUT2D eigenvalue weighted by Gasteiger charge is 2.41. The standard InChI is InChI=1S/C47H49N3O7/c1-31-42(28-49(3)32(2)36-15-8-5-9-16-36)56-46(57-44(31)37-22-20-33(29-51)21-23-37)40-19-11-18-39(25-40)38-17-10-14-35(24-38)27-50-43(52)26-41(45(50)53)48-47(54)55-30-34-12-6-4-7-13-34/h4-25,31-32,41-42,44,46,51H,26-30H2,1-3H3,(H,48,54)/t31-,32-,41?,42+,44+,46+/m0/s1. The van der Waals surface area contributed by atoms with Gasteiger partial charge in [0.2, 0.25) is 5.91 Å². The van der Waals surface area contributed by atoms with Gasteiger partial charge >= 0.3 is 6.09 Å². The van der Waals surface area contributed by atoms with Gasteiger partial charge in [-0.05, 0) is 65.0 Å². The molecule has 2 aliphatic rings. The number of nitrogens with zero attached hydrogens (tertiary/aromatic N) is 2. The molecule has 10 heteroatoms. The van der Waals surface area contributed by atoms with Crippen LogP contribution in [-0.2, 0) is 43.6 Å². The molecule has 6 atom stereocenters. The normalized spacial score (nSPS) is 21.4. The van der Waals surface area contributed by atoms with Gasteiger partial charge in [-0.25, -0.2) is 4.79 Å². The highest BCUT2D eigenvalue weighted by atomic mass is 16.7. The molecule has 0 aliphatic carbocycles. The van der Waals surface area contributed by atoms with Gasteiger partial charge in [0.25, 0.3) is 5.91 Å². The van der Waals surface area contributed by atoms with Crippen molar-refractivity contribution in [1.82, 2.24) is 15.1 Å². The van der Waals surface area contributed by atoms with E-state index >= 15 is 0 Å². The maximum Gasteiger partial charge on any atom is 0.408 e. The Bertz CT molecular complexity index is 2150. The Labute approximate surface area is 334 Å². The van der Waals surface area contributed by atoms with Crippen LogP contribution in [0.4, 0.5) is 4.79 Å². The number of amides is 3. The zero-order valence-electron chi connectivity index (χ0n) is 32.5. The maximum atomic E-state index is 13.3. The Hall–Kier alpha value is -5.65. The van der Waals surface area contributed by atoms with Crippen molar-refractivity contribution in [3.63, 3.8) is 0 Å². The van der Waals surface area contributed by atoms with E-state index in [2.05, 4.69) is 61.4 Å². The van der Waals surface area contributed by atoms with Gasteiger partial charge in [-0.1, -0.05) is 128 Å². The molecule has 2 fully saturated rings. The minimum absolute atomic E-state index is 0.0252. The molecular weight excluding hydrogens is 719 g/mol. The second-order valence-electron chi connectivity index (χ2n) is 15.0. The average molecular weight is 768 g/mol. The molecule has 5 aromatic rings. The number of aliphatic hydroxyl groups is 1. The van der Waals surface area contributed by atoms with Crippen molar-refractivity contribution in [2.24, 2.45) is 5.92 Å². The van der Waals surface area contributed by atoms with E-state index in [1.165, 1.54) is 10.5 Å². The maximum absolute atomic E-state index is 13.3. The molecule has 7 rings (SSSR count). The highest BCUT2D eigenvalue weighted by molar-refractivity contribution is 6.06. The number of hydrogen-bond donors (Lipinski definition) is 2. The van der Waals surface area contributed by atoms with Crippen LogP contribution in [0.2, 0.25) is 0 Å². The largest absolute Gasteiger partial charge is 0.445 e. The number of aliphatic hydroxyl groups excluding tert-OH is 1. The van der Waals surface area contributed by atoms with E-state index in [9.17, 15) is 19.5 Å². The summed E-state index contributed by atoms with van der Waals surface area (Å²) in [4.78, 5) is 42.2. The zero-order valence-corrected chi connectivity index (χ0v) is 32.5. The number of rotatable bonds is 13. The Morgan fingerprint density at radius 2 is 1.49 bits per heavy atom. The lowest BCUT2D eigenvalue weighted by atomic mass is 9.89. The summed E-state index contributed by atoms with van der Waals surface area (Å²) < 4.78 is 18.9. The van der Waals surface area contributed by atoms with E-state index in [1.807, 2.05) is 103 Å². The molecule has 2 N–H and O–H groups in total. The predicted octanol–water partition coefficient (Wildman–Crippen LogP) is 7.88. The molecule has 57 heavy (non-hydrogen) atoms. The first-order chi connectivity index (χ1) is 27.7. The Morgan fingerprint density at radius 1 is 0.825 bits per heavy atom. The number of benzene rings is 5. The lowest BCUT2D eigenvalue weighted by Crippen LogP contribution is -2.44. The summed E-state index contributed by atoms with van der Waals surface area (Å²) >= 11 is 0. The number of carbonyl (C=O) groups is 3. The number of hydrogen-bond acceptors (Lipinski definition) is 8. The summed E-state index contributed by atoms with van der Waals surface area (Å²) in [7, 11) is 2.12. The van der Waals surface area contributed by atoms with Gasteiger partial charge < -0.3 is 24.6 Å². The van der Waals surface area contributed by atoms with E-state index in [0.29, 0.717) is 6.54 Å². The van der Waals surface area contributed by atoms with Crippen LogP contribution in [0.1, 0.15) is 72.1 Å². The summed E-state index contributed by atoms with van der Waals surface area (Å²) in [6, 6.07) is 42.6. The zero-order chi connectivity index (χ0) is 39.9. The van der Waals surface area contributed by atoms with Crippen LogP contribution in [0.5, 0.6) is 0 Å². The third kappa shape index (κ3) is 9.49. The number of alkyl carbamates (subject to hydrolysis) is 1. The van der Waals surface area contributed by atoms with Crippen molar-refractivity contribution >= 4 is 17.9 Å². The lowest BCUT2D eigenvalue weighted by molar-refractivity contribution is -0.276.